The van der Waals surface area contributed by atoms with Crippen LogP contribution in [0.5, 0.6) is 0 Å². The zero-order valence-corrected chi connectivity index (χ0v) is 12.7. The third-order valence-electron chi connectivity index (χ3n) is 3.00. The summed E-state index contributed by atoms with van der Waals surface area (Å²) in [4.78, 5) is 24.8. The van der Waals surface area contributed by atoms with E-state index in [-0.39, 0.29) is 19.6 Å². The maximum atomic E-state index is 14.2. The second kappa shape index (κ2) is 5.81. The van der Waals surface area contributed by atoms with E-state index in [0.29, 0.717) is 0 Å². The van der Waals surface area contributed by atoms with E-state index in [4.69, 9.17) is 9.47 Å². The molecule has 114 valence electrons. The van der Waals surface area contributed by atoms with Gasteiger partial charge >= 0.3 is 12.1 Å². The zero-order valence-electron chi connectivity index (χ0n) is 12.7. The molecule has 0 aromatic rings. The van der Waals surface area contributed by atoms with Crippen LogP contribution in [0.3, 0.4) is 0 Å². The van der Waals surface area contributed by atoms with Crippen molar-refractivity contribution in [2.45, 2.75) is 46.6 Å². The topological polar surface area (TPSA) is 55.8 Å². The van der Waals surface area contributed by atoms with Crippen LogP contribution in [0, 0.1) is 5.41 Å². The first-order valence-corrected chi connectivity index (χ1v) is 6.65. The van der Waals surface area contributed by atoms with Crippen LogP contribution in [0.25, 0.3) is 0 Å². The fraction of sp³-hybridized carbons (Fsp3) is 0.714. The summed E-state index contributed by atoms with van der Waals surface area (Å²) in [6.07, 6.45) is 0.556. The van der Waals surface area contributed by atoms with Crippen molar-refractivity contribution in [2.75, 3.05) is 13.2 Å². The Morgan fingerprint density at radius 1 is 1.45 bits per heavy atom. The molecule has 1 unspecified atom stereocenters. The third kappa shape index (κ3) is 3.71. The summed E-state index contributed by atoms with van der Waals surface area (Å²) < 4.78 is 24.2. The molecule has 0 N–H and O–H groups in total. The minimum Gasteiger partial charge on any atom is -0.465 e. The Kier molecular flexibility index (Phi) is 4.78. The highest BCUT2D eigenvalue weighted by Gasteiger charge is 2.43. The molecule has 0 radical (unpaired) electrons. The Morgan fingerprint density at radius 2 is 2.05 bits per heavy atom. The van der Waals surface area contributed by atoms with Crippen LogP contribution in [0.4, 0.5) is 9.18 Å². The van der Waals surface area contributed by atoms with Gasteiger partial charge in [-0.2, -0.15) is 0 Å². The fourth-order valence-corrected chi connectivity index (χ4v) is 1.76. The number of carbonyl (C=O) groups excluding carboxylic acids is 2. The van der Waals surface area contributed by atoms with Gasteiger partial charge in [0.2, 0.25) is 0 Å². The standard InChI is InChI=1S/C14H22FNO4/c1-6-19-11(17)14(5)7-8-16(9-10(14)15)12(18)20-13(2,3)4/h9H,6-8H2,1-5H3. The minimum atomic E-state index is -1.32. The summed E-state index contributed by atoms with van der Waals surface area (Å²) in [5, 5.41) is 0. The van der Waals surface area contributed by atoms with Crippen molar-refractivity contribution in [1.82, 2.24) is 4.90 Å². The average Bonchev–Trinajstić information content (AvgIpc) is 2.30. The third-order valence-corrected chi connectivity index (χ3v) is 3.00. The monoisotopic (exact) mass is 287 g/mol. The van der Waals surface area contributed by atoms with Gasteiger partial charge in [-0.15, -0.1) is 0 Å². The van der Waals surface area contributed by atoms with Gasteiger partial charge in [0.15, 0.2) is 0 Å². The van der Waals surface area contributed by atoms with Crippen LogP contribution >= 0.6 is 0 Å². The Bertz CT molecular complexity index is 427. The highest BCUT2D eigenvalue weighted by Crippen LogP contribution is 2.37. The van der Waals surface area contributed by atoms with Gasteiger partial charge < -0.3 is 9.47 Å². The van der Waals surface area contributed by atoms with E-state index in [1.54, 1.807) is 27.7 Å². The lowest BCUT2D eigenvalue weighted by Gasteiger charge is -2.34. The van der Waals surface area contributed by atoms with Crippen LogP contribution in [0.1, 0.15) is 41.0 Å². The predicted octanol–water partition coefficient (Wildman–Crippen LogP) is 3.01. The lowest BCUT2D eigenvalue weighted by Crippen LogP contribution is -2.42. The summed E-state index contributed by atoms with van der Waals surface area (Å²) in [6.45, 7) is 8.74. The van der Waals surface area contributed by atoms with E-state index in [9.17, 15) is 14.0 Å². The van der Waals surface area contributed by atoms with E-state index >= 15 is 0 Å². The number of hydrogen-bond donors (Lipinski definition) is 0. The fourth-order valence-electron chi connectivity index (χ4n) is 1.76. The Hall–Kier alpha value is -1.59. The Labute approximate surface area is 118 Å². The Morgan fingerprint density at radius 3 is 2.50 bits per heavy atom. The highest BCUT2D eigenvalue weighted by molar-refractivity contribution is 5.80. The summed E-state index contributed by atoms with van der Waals surface area (Å²) in [5.74, 6) is -1.30. The molecular formula is C14H22FNO4. The van der Waals surface area contributed by atoms with E-state index < -0.39 is 28.9 Å². The second-order valence-electron chi connectivity index (χ2n) is 5.95. The zero-order chi connectivity index (χ0) is 15.6. The number of rotatable bonds is 2. The van der Waals surface area contributed by atoms with Crippen molar-refractivity contribution in [3.63, 3.8) is 0 Å². The first kappa shape index (κ1) is 16.5. The normalized spacial score (nSPS) is 23.1. The molecule has 0 saturated heterocycles. The van der Waals surface area contributed by atoms with Crippen LogP contribution in [0.15, 0.2) is 12.0 Å². The maximum absolute atomic E-state index is 14.2. The average molecular weight is 287 g/mol. The molecular weight excluding hydrogens is 265 g/mol. The van der Waals surface area contributed by atoms with Gasteiger partial charge in [-0.3, -0.25) is 9.69 Å². The number of hydrogen-bond acceptors (Lipinski definition) is 4. The molecule has 0 saturated carbocycles. The molecule has 1 aliphatic rings. The first-order valence-electron chi connectivity index (χ1n) is 6.65. The van der Waals surface area contributed by atoms with Crippen molar-refractivity contribution in [1.29, 1.82) is 0 Å². The van der Waals surface area contributed by atoms with E-state index in [2.05, 4.69) is 0 Å². The molecule has 1 amide bonds. The van der Waals surface area contributed by atoms with E-state index in [1.807, 2.05) is 0 Å². The molecule has 1 rings (SSSR count). The van der Waals surface area contributed by atoms with Gasteiger partial charge in [0, 0.05) is 12.7 Å². The smallest absolute Gasteiger partial charge is 0.414 e. The quantitative estimate of drug-likeness (QED) is 0.733. The number of halogens is 1. The van der Waals surface area contributed by atoms with Crippen molar-refractivity contribution in [3.05, 3.63) is 12.0 Å². The highest BCUT2D eigenvalue weighted by atomic mass is 19.1. The lowest BCUT2D eigenvalue weighted by atomic mass is 9.83. The van der Waals surface area contributed by atoms with Crippen molar-refractivity contribution >= 4 is 12.1 Å². The number of amides is 1. The molecule has 0 fully saturated rings. The van der Waals surface area contributed by atoms with Gasteiger partial charge in [0.25, 0.3) is 0 Å². The molecule has 1 heterocycles. The van der Waals surface area contributed by atoms with Crippen molar-refractivity contribution < 1.29 is 23.5 Å². The number of esters is 1. The van der Waals surface area contributed by atoms with Gasteiger partial charge in [-0.25, -0.2) is 9.18 Å². The van der Waals surface area contributed by atoms with Crippen LogP contribution in [0.2, 0.25) is 0 Å². The minimum absolute atomic E-state index is 0.160. The molecule has 20 heavy (non-hydrogen) atoms. The molecule has 0 spiro atoms. The molecule has 0 bridgehead atoms. The van der Waals surface area contributed by atoms with Gasteiger partial charge in [-0.1, -0.05) is 0 Å². The number of ether oxygens (including phenoxy) is 2. The Balaban J connectivity index is 2.84. The van der Waals surface area contributed by atoms with Crippen molar-refractivity contribution in [2.24, 2.45) is 5.41 Å². The first-order chi connectivity index (χ1) is 9.10. The SMILES string of the molecule is CCOC(=O)C1(C)CCN(C(=O)OC(C)(C)C)C=C1F. The molecule has 0 aliphatic carbocycles. The van der Waals surface area contributed by atoms with E-state index in [0.717, 1.165) is 11.1 Å². The maximum Gasteiger partial charge on any atom is 0.414 e. The molecule has 6 heteroatoms. The van der Waals surface area contributed by atoms with Crippen molar-refractivity contribution in [3.8, 4) is 0 Å². The molecule has 1 atom stereocenters. The molecule has 0 aromatic heterocycles. The molecule has 5 nitrogen and oxygen atoms in total. The lowest BCUT2D eigenvalue weighted by molar-refractivity contribution is -0.154. The van der Waals surface area contributed by atoms with Gasteiger partial charge in [-0.05, 0) is 41.0 Å². The molecule has 1 aliphatic heterocycles. The van der Waals surface area contributed by atoms with Crippen LogP contribution in [-0.2, 0) is 14.3 Å². The van der Waals surface area contributed by atoms with Gasteiger partial charge in [0.05, 0.1) is 6.61 Å². The number of carbonyl (C=O) groups is 2. The van der Waals surface area contributed by atoms with Crippen LogP contribution < -0.4 is 0 Å². The molecule has 0 aromatic carbocycles. The van der Waals surface area contributed by atoms with Gasteiger partial charge in [0.1, 0.15) is 16.8 Å². The summed E-state index contributed by atoms with van der Waals surface area (Å²) in [5.41, 5.74) is -1.97. The largest absolute Gasteiger partial charge is 0.465 e. The summed E-state index contributed by atoms with van der Waals surface area (Å²) >= 11 is 0. The number of nitrogens with zero attached hydrogens (tertiary/aromatic N) is 1. The van der Waals surface area contributed by atoms with Crippen LogP contribution in [-0.4, -0.2) is 35.7 Å². The summed E-state index contributed by atoms with van der Waals surface area (Å²) in [6, 6.07) is 0. The summed E-state index contributed by atoms with van der Waals surface area (Å²) in [7, 11) is 0. The van der Waals surface area contributed by atoms with E-state index in [1.165, 1.54) is 6.92 Å². The second-order valence-corrected chi connectivity index (χ2v) is 5.95. The predicted molar refractivity (Wildman–Crippen MR) is 71.5 cm³/mol.